The molecule has 2 aromatic heterocycles. The van der Waals surface area contributed by atoms with Crippen molar-refractivity contribution in [2.24, 2.45) is 0 Å². The van der Waals surface area contributed by atoms with Gasteiger partial charge in [0.25, 0.3) is 0 Å². The van der Waals surface area contributed by atoms with Gasteiger partial charge in [0.15, 0.2) is 5.82 Å². The molecule has 0 amide bonds. The summed E-state index contributed by atoms with van der Waals surface area (Å²) >= 11 is 5.77. The minimum Gasteiger partial charge on any atom is -0.452 e. The van der Waals surface area contributed by atoms with Crippen LogP contribution in [0, 0.1) is 0 Å². The third kappa shape index (κ3) is 1.45. The van der Waals surface area contributed by atoms with Gasteiger partial charge >= 0.3 is 0 Å². The van der Waals surface area contributed by atoms with Crippen molar-refractivity contribution >= 4 is 11.6 Å². The summed E-state index contributed by atoms with van der Waals surface area (Å²) in [6.07, 6.45) is 2.34. The molecule has 2 aromatic rings. The summed E-state index contributed by atoms with van der Waals surface area (Å²) in [5.41, 5.74) is 0.720. The van der Waals surface area contributed by atoms with Crippen molar-refractivity contribution < 1.29 is 4.42 Å². The molecule has 2 heterocycles. The van der Waals surface area contributed by atoms with Crippen molar-refractivity contribution in [2.45, 2.75) is 13.3 Å². The van der Waals surface area contributed by atoms with Crippen molar-refractivity contribution in [3.63, 3.8) is 0 Å². The number of nitrogens with zero attached hydrogens (tertiary/aromatic N) is 2. The number of rotatable bonds is 2. The molecule has 68 valence electrons. The van der Waals surface area contributed by atoms with E-state index in [2.05, 4.69) is 15.2 Å². The van der Waals surface area contributed by atoms with Gasteiger partial charge < -0.3 is 4.42 Å². The zero-order valence-electron chi connectivity index (χ0n) is 7.04. The first-order valence-corrected chi connectivity index (χ1v) is 4.33. The standard InChI is InChI=1S/C8H8ClN3O/c1-2-6-10-8(12-11-6)5-3-4-13-7(5)9/h3-4H,2H2,1H3,(H,10,11,12). The summed E-state index contributed by atoms with van der Waals surface area (Å²) in [6, 6.07) is 1.74. The molecule has 1 N–H and O–H groups in total. The van der Waals surface area contributed by atoms with Gasteiger partial charge in [-0.3, -0.25) is 5.10 Å². The number of aryl methyl sites for hydroxylation is 1. The monoisotopic (exact) mass is 197 g/mol. The number of aromatic nitrogens is 3. The molecular formula is C8H8ClN3O. The molecule has 0 aliphatic carbocycles. The minimum absolute atomic E-state index is 0.321. The maximum atomic E-state index is 5.77. The Bertz CT molecular complexity index is 407. The van der Waals surface area contributed by atoms with Gasteiger partial charge in [0.2, 0.25) is 5.22 Å². The highest BCUT2D eigenvalue weighted by atomic mass is 35.5. The van der Waals surface area contributed by atoms with Gasteiger partial charge in [-0.05, 0) is 17.7 Å². The molecule has 0 unspecified atom stereocenters. The van der Waals surface area contributed by atoms with Crippen molar-refractivity contribution in [3.05, 3.63) is 23.4 Å². The van der Waals surface area contributed by atoms with Crippen LogP contribution in [0.4, 0.5) is 0 Å². The van der Waals surface area contributed by atoms with E-state index >= 15 is 0 Å². The van der Waals surface area contributed by atoms with E-state index < -0.39 is 0 Å². The SMILES string of the molecule is CCc1nc(-c2ccoc2Cl)n[nH]1. The Morgan fingerprint density at radius 1 is 1.62 bits per heavy atom. The average molecular weight is 198 g/mol. The molecule has 0 radical (unpaired) electrons. The fourth-order valence-corrected chi connectivity index (χ4v) is 1.23. The first-order valence-electron chi connectivity index (χ1n) is 3.96. The summed E-state index contributed by atoms with van der Waals surface area (Å²) in [5, 5.41) is 7.14. The normalized spacial score (nSPS) is 10.6. The highest BCUT2D eigenvalue weighted by molar-refractivity contribution is 6.31. The molecule has 0 atom stereocenters. The van der Waals surface area contributed by atoms with Crippen LogP contribution in [0.15, 0.2) is 16.7 Å². The molecule has 0 aromatic carbocycles. The fourth-order valence-electron chi connectivity index (χ4n) is 1.03. The second-order valence-corrected chi connectivity index (χ2v) is 2.91. The van der Waals surface area contributed by atoms with Crippen LogP contribution in [0.5, 0.6) is 0 Å². The lowest BCUT2D eigenvalue weighted by Gasteiger charge is -1.86. The highest BCUT2D eigenvalue weighted by Crippen LogP contribution is 2.25. The van der Waals surface area contributed by atoms with Crippen LogP contribution in [0.25, 0.3) is 11.4 Å². The van der Waals surface area contributed by atoms with E-state index in [0.29, 0.717) is 11.0 Å². The predicted molar refractivity (Wildman–Crippen MR) is 48.5 cm³/mol. The Balaban J connectivity index is 2.41. The smallest absolute Gasteiger partial charge is 0.204 e. The third-order valence-electron chi connectivity index (χ3n) is 1.73. The summed E-state index contributed by atoms with van der Waals surface area (Å²) in [4.78, 5) is 4.22. The Kier molecular flexibility index (Phi) is 2.06. The Hall–Kier alpha value is -1.29. The van der Waals surface area contributed by atoms with Crippen molar-refractivity contribution in [2.75, 3.05) is 0 Å². The lowest BCUT2D eigenvalue weighted by molar-refractivity contribution is 0.570. The third-order valence-corrected chi connectivity index (χ3v) is 2.02. The van der Waals surface area contributed by atoms with Crippen LogP contribution in [-0.2, 0) is 6.42 Å². The fraction of sp³-hybridized carbons (Fsp3) is 0.250. The molecule has 5 heteroatoms. The van der Waals surface area contributed by atoms with E-state index in [-0.39, 0.29) is 0 Å². The largest absolute Gasteiger partial charge is 0.452 e. The molecular weight excluding hydrogens is 190 g/mol. The molecule has 0 bridgehead atoms. The molecule has 0 saturated heterocycles. The first kappa shape index (κ1) is 8.31. The van der Waals surface area contributed by atoms with Crippen LogP contribution >= 0.6 is 11.6 Å². The quantitative estimate of drug-likeness (QED) is 0.804. The molecule has 0 aliphatic heterocycles. The summed E-state index contributed by atoms with van der Waals surface area (Å²) in [6.45, 7) is 2.00. The van der Waals surface area contributed by atoms with E-state index in [1.54, 1.807) is 6.07 Å². The van der Waals surface area contributed by atoms with Gasteiger partial charge in [0.05, 0.1) is 11.8 Å². The maximum absolute atomic E-state index is 5.77. The van der Waals surface area contributed by atoms with Gasteiger partial charge in [0, 0.05) is 6.42 Å². The van der Waals surface area contributed by atoms with Gasteiger partial charge in [-0.15, -0.1) is 0 Å². The van der Waals surface area contributed by atoms with Crippen LogP contribution in [0.1, 0.15) is 12.7 Å². The van der Waals surface area contributed by atoms with Gasteiger partial charge in [-0.1, -0.05) is 6.92 Å². The van der Waals surface area contributed by atoms with E-state index in [1.165, 1.54) is 6.26 Å². The zero-order valence-corrected chi connectivity index (χ0v) is 7.80. The highest BCUT2D eigenvalue weighted by Gasteiger charge is 2.10. The number of nitrogens with one attached hydrogen (secondary N) is 1. The number of hydrogen-bond donors (Lipinski definition) is 1. The molecule has 0 fully saturated rings. The zero-order chi connectivity index (χ0) is 9.26. The topological polar surface area (TPSA) is 54.7 Å². The minimum atomic E-state index is 0.321. The van der Waals surface area contributed by atoms with Crippen molar-refractivity contribution in [1.29, 1.82) is 0 Å². The lowest BCUT2D eigenvalue weighted by Crippen LogP contribution is -1.81. The number of furan rings is 1. The lowest BCUT2D eigenvalue weighted by atomic mass is 10.3. The van der Waals surface area contributed by atoms with E-state index in [9.17, 15) is 0 Å². The van der Waals surface area contributed by atoms with Crippen LogP contribution in [0.3, 0.4) is 0 Å². The predicted octanol–water partition coefficient (Wildman–Crippen LogP) is 2.28. The molecule has 0 saturated carbocycles. The molecule has 4 nitrogen and oxygen atoms in total. The second-order valence-electron chi connectivity index (χ2n) is 2.57. The maximum Gasteiger partial charge on any atom is 0.204 e. The van der Waals surface area contributed by atoms with E-state index in [4.69, 9.17) is 16.0 Å². The summed E-state index contributed by atoms with van der Waals surface area (Å²) < 4.78 is 4.93. The number of H-pyrrole nitrogens is 1. The average Bonchev–Trinajstić information content (AvgIpc) is 2.71. The van der Waals surface area contributed by atoms with Crippen LogP contribution in [0.2, 0.25) is 5.22 Å². The molecule has 0 spiro atoms. The van der Waals surface area contributed by atoms with E-state index in [1.807, 2.05) is 6.92 Å². The molecule has 2 rings (SSSR count). The molecule has 13 heavy (non-hydrogen) atoms. The van der Waals surface area contributed by atoms with Crippen molar-refractivity contribution in [1.82, 2.24) is 15.2 Å². The van der Waals surface area contributed by atoms with Crippen LogP contribution < -0.4 is 0 Å². The Morgan fingerprint density at radius 2 is 2.46 bits per heavy atom. The van der Waals surface area contributed by atoms with Gasteiger partial charge in [-0.25, -0.2) is 4.98 Å². The van der Waals surface area contributed by atoms with Gasteiger partial charge in [-0.2, -0.15) is 5.10 Å². The number of halogens is 1. The molecule has 0 aliphatic rings. The summed E-state index contributed by atoms with van der Waals surface area (Å²) in [7, 11) is 0. The first-order chi connectivity index (χ1) is 6.31. The Labute approximate surface area is 79.9 Å². The van der Waals surface area contributed by atoms with Gasteiger partial charge in [0.1, 0.15) is 5.82 Å². The second kappa shape index (κ2) is 3.22. The van der Waals surface area contributed by atoms with E-state index in [0.717, 1.165) is 17.8 Å². The van der Waals surface area contributed by atoms with Crippen LogP contribution in [-0.4, -0.2) is 15.2 Å². The summed E-state index contributed by atoms with van der Waals surface area (Å²) in [5.74, 6) is 1.42. The van der Waals surface area contributed by atoms with Crippen molar-refractivity contribution in [3.8, 4) is 11.4 Å². The number of aromatic amines is 1. The Morgan fingerprint density at radius 3 is 3.00 bits per heavy atom. The number of hydrogen-bond acceptors (Lipinski definition) is 3.